The van der Waals surface area contributed by atoms with Crippen molar-refractivity contribution in [3.63, 3.8) is 0 Å². The molecule has 1 atom stereocenters. The molecular formula is C32H55O8P. The number of hydrogen-bond donors (Lipinski definition) is 2. The van der Waals surface area contributed by atoms with Crippen LogP contribution in [0.4, 0.5) is 0 Å². The first-order valence-electron chi connectivity index (χ1n) is 15.4. The van der Waals surface area contributed by atoms with Gasteiger partial charge in [-0.15, -0.1) is 0 Å². The van der Waals surface area contributed by atoms with Gasteiger partial charge >= 0.3 is 19.8 Å². The van der Waals surface area contributed by atoms with Crippen LogP contribution in [0.1, 0.15) is 123 Å². The molecule has 236 valence electrons. The van der Waals surface area contributed by atoms with Gasteiger partial charge in [0, 0.05) is 12.8 Å². The molecule has 9 heteroatoms. The average Bonchev–Trinajstić information content (AvgIpc) is 2.93. The van der Waals surface area contributed by atoms with E-state index in [9.17, 15) is 14.2 Å². The van der Waals surface area contributed by atoms with E-state index in [1.807, 2.05) is 6.92 Å². The van der Waals surface area contributed by atoms with Crippen LogP contribution >= 0.6 is 7.82 Å². The van der Waals surface area contributed by atoms with Gasteiger partial charge in [0.1, 0.15) is 6.61 Å². The number of esters is 2. The van der Waals surface area contributed by atoms with E-state index in [0.29, 0.717) is 12.8 Å². The summed E-state index contributed by atoms with van der Waals surface area (Å²) < 4.78 is 25.7. The minimum absolute atomic E-state index is 0.199. The second-order valence-corrected chi connectivity index (χ2v) is 11.3. The highest BCUT2D eigenvalue weighted by molar-refractivity contribution is 7.46. The summed E-state index contributed by atoms with van der Waals surface area (Å²) in [4.78, 5) is 41.7. The number of unbranched alkanes of at least 4 members (excludes halogenated alkanes) is 9. The average molecular weight is 599 g/mol. The third-order valence-electron chi connectivity index (χ3n) is 6.11. The molecule has 0 aliphatic heterocycles. The Morgan fingerprint density at radius 1 is 0.659 bits per heavy atom. The van der Waals surface area contributed by atoms with Crippen molar-refractivity contribution in [1.29, 1.82) is 0 Å². The fraction of sp³-hybridized carbons (Fsp3) is 0.688. The molecule has 0 saturated carbocycles. The van der Waals surface area contributed by atoms with E-state index in [2.05, 4.69) is 60.1 Å². The first-order chi connectivity index (χ1) is 19.8. The fourth-order valence-electron chi connectivity index (χ4n) is 3.81. The number of phosphoric ester groups is 1. The van der Waals surface area contributed by atoms with Gasteiger partial charge in [-0.1, -0.05) is 107 Å². The van der Waals surface area contributed by atoms with Crippen LogP contribution in [0, 0.1) is 0 Å². The van der Waals surface area contributed by atoms with Crippen molar-refractivity contribution in [1.82, 2.24) is 0 Å². The molecule has 0 spiro atoms. The van der Waals surface area contributed by atoms with Crippen molar-refractivity contribution >= 4 is 19.8 Å². The van der Waals surface area contributed by atoms with Crippen LogP contribution in [-0.2, 0) is 28.2 Å². The summed E-state index contributed by atoms with van der Waals surface area (Å²) in [5.74, 6) is -0.941. The lowest BCUT2D eigenvalue weighted by Crippen LogP contribution is -2.29. The number of allylic oxidation sites excluding steroid dienone is 8. The predicted molar refractivity (Wildman–Crippen MR) is 165 cm³/mol. The SMILES string of the molecule is CC/C=C\C/C=C\C/C=C\C/C=C\CCCCCCCCCCC(=O)OC(COC(=O)CCCC)COP(=O)(O)O. The van der Waals surface area contributed by atoms with E-state index in [4.69, 9.17) is 19.3 Å². The molecule has 0 aromatic heterocycles. The maximum atomic E-state index is 12.2. The molecular weight excluding hydrogens is 543 g/mol. The quantitative estimate of drug-likeness (QED) is 0.0418. The highest BCUT2D eigenvalue weighted by Crippen LogP contribution is 2.35. The molecule has 41 heavy (non-hydrogen) atoms. The maximum Gasteiger partial charge on any atom is 0.469 e. The summed E-state index contributed by atoms with van der Waals surface area (Å²) in [6.45, 7) is 3.25. The molecule has 0 aromatic carbocycles. The monoisotopic (exact) mass is 598 g/mol. The molecule has 0 saturated heterocycles. The van der Waals surface area contributed by atoms with Crippen molar-refractivity contribution in [2.45, 2.75) is 129 Å². The minimum Gasteiger partial charge on any atom is -0.462 e. The molecule has 0 bridgehead atoms. The van der Waals surface area contributed by atoms with Crippen LogP contribution in [0.2, 0.25) is 0 Å². The summed E-state index contributed by atoms with van der Waals surface area (Å²) in [5.41, 5.74) is 0. The predicted octanol–water partition coefficient (Wildman–Crippen LogP) is 8.45. The number of rotatable bonds is 27. The van der Waals surface area contributed by atoms with Gasteiger partial charge in [0.15, 0.2) is 6.10 Å². The topological polar surface area (TPSA) is 119 Å². The van der Waals surface area contributed by atoms with Crippen LogP contribution in [-0.4, -0.2) is 41.0 Å². The Balaban J connectivity index is 3.82. The molecule has 2 N–H and O–H groups in total. The molecule has 0 heterocycles. The van der Waals surface area contributed by atoms with E-state index < -0.39 is 32.5 Å². The van der Waals surface area contributed by atoms with Gasteiger partial charge in [0.05, 0.1) is 6.61 Å². The van der Waals surface area contributed by atoms with Crippen LogP contribution in [0.3, 0.4) is 0 Å². The van der Waals surface area contributed by atoms with Gasteiger partial charge in [-0.2, -0.15) is 0 Å². The number of carbonyl (C=O) groups excluding carboxylic acids is 2. The van der Waals surface area contributed by atoms with Crippen molar-refractivity contribution < 1.29 is 37.9 Å². The van der Waals surface area contributed by atoms with Crippen molar-refractivity contribution in [2.24, 2.45) is 0 Å². The second-order valence-electron chi connectivity index (χ2n) is 10.1. The molecule has 0 fully saturated rings. The number of ether oxygens (including phenoxy) is 2. The molecule has 0 aliphatic rings. The van der Waals surface area contributed by atoms with Gasteiger partial charge in [0.25, 0.3) is 0 Å². The van der Waals surface area contributed by atoms with Crippen LogP contribution < -0.4 is 0 Å². The van der Waals surface area contributed by atoms with Crippen LogP contribution in [0.5, 0.6) is 0 Å². The largest absolute Gasteiger partial charge is 0.469 e. The standard InChI is InChI=1S/C32H55O8P/c1-3-5-7-8-9-10-11-12-13-14-15-16-17-18-19-20-21-22-23-24-25-27-32(34)40-30(29-39-41(35,36)37)28-38-31(33)26-6-4-2/h5,7,9-10,12-13,15-16,30H,3-4,6,8,11,14,17-29H2,1-2H3,(H2,35,36,37)/b7-5-,10-9-,13-12-,16-15-. The Morgan fingerprint density at radius 3 is 1.73 bits per heavy atom. The number of phosphoric acid groups is 1. The van der Waals surface area contributed by atoms with E-state index in [0.717, 1.165) is 57.8 Å². The summed E-state index contributed by atoms with van der Waals surface area (Å²) >= 11 is 0. The zero-order valence-electron chi connectivity index (χ0n) is 25.4. The molecule has 0 aliphatic carbocycles. The van der Waals surface area contributed by atoms with Crippen LogP contribution in [0.25, 0.3) is 0 Å². The Morgan fingerprint density at radius 2 is 1.17 bits per heavy atom. The number of hydrogen-bond acceptors (Lipinski definition) is 6. The summed E-state index contributed by atoms with van der Waals surface area (Å²) in [6.07, 6.45) is 32.4. The molecule has 0 radical (unpaired) electrons. The van der Waals surface area contributed by atoms with Crippen molar-refractivity contribution in [3.8, 4) is 0 Å². The Labute approximate surface area is 248 Å². The van der Waals surface area contributed by atoms with Gasteiger partial charge in [-0.05, 0) is 51.4 Å². The summed E-state index contributed by atoms with van der Waals surface area (Å²) in [7, 11) is -4.73. The third-order valence-corrected chi connectivity index (χ3v) is 6.60. The first-order valence-corrected chi connectivity index (χ1v) is 17.0. The third kappa shape index (κ3) is 30.8. The zero-order chi connectivity index (χ0) is 30.4. The Hall–Kier alpha value is -1.99. The van der Waals surface area contributed by atoms with E-state index in [1.54, 1.807) is 0 Å². The first kappa shape index (κ1) is 39.0. The lowest BCUT2D eigenvalue weighted by Gasteiger charge is -2.18. The molecule has 8 nitrogen and oxygen atoms in total. The van der Waals surface area contributed by atoms with Gasteiger partial charge < -0.3 is 19.3 Å². The zero-order valence-corrected chi connectivity index (χ0v) is 26.3. The van der Waals surface area contributed by atoms with Gasteiger partial charge in [-0.25, -0.2) is 4.57 Å². The Bertz CT molecular complexity index is 813. The molecule has 0 rings (SSSR count). The van der Waals surface area contributed by atoms with E-state index >= 15 is 0 Å². The van der Waals surface area contributed by atoms with Crippen molar-refractivity contribution in [2.75, 3.05) is 13.2 Å². The van der Waals surface area contributed by atoms with Crippen molar-refractivity contribution in [3.05, 3.63) is 48.6 Å². The van der Waals surface area contributed by atoms with E-state index in [1.165, 1.54) is 25.7 Å². The Kier molecular flexibility index (Phi) is 26.8. The minimum atomic E-state index is -4.73. The number of carbonyl (C=O) groups is 2. The van der Waals surface area contributed by atoms with E-state index in [-0.39, 0.29) is 19.4 Å². The highest BCUT2D eigenvalue weighted by Gasteiger charge is 2.22. The molecule has 0 amide bonds. The maximum absolute atomic E-state index is 12.2. The second kappa shape index (κ2) is 28.1. The summed E-state index contributed by atoms with van der Waals surface area (Å²) in [5, 5.41) is 0. The molecule has 1 unspecified atom stereocenters. The van der Waals surface area contributed by atoms with Crippen LogP contribution in [0.15, 0.2) is 48.6 Å². The highest BCUT2D eigenvalue weighted by atomic mass is 31.2. The van der Waals surface area contributed by atoms with Gasteiger partial charge in [-0.3, -0.25) is 14.1 Å². The van der Waals surface area contributed by atoms with Gasteiger partial charge in [0.2, 0.25) is 0 Å². The lowest BCUT2D eigenvalue weighted by molar-refractivity contribution is -0.161. The summed E-state index contributed by atoms with van der Waals surface area (Å²) in [6, 6.07) is 0. The fourth-order valence-corrected chi connectivity index (χ4v) is 4.17. The normalized spacial score (nSPS) is 13.2. The smallest absolute Gasteiger partial charge is 0.462 e. The molecule has 0 aromatic rings. The lowest BCUT2D eigenvalue weighted by atomic mass is 10.1.